The van der Waals surface area contributed by atoms with Crippen LogP contribution in [0.25, 0.3) is 0 Å². The number of benzene rings is 1. The topological polar surface area (TPSA) is 83.5 Å². The quantitative estimate of drug-likeness (QED) is 0.868. The van der Waals surface area contributed by atoms with Gasteiger partial charge in [-0.25, -0.2) is 26.7 Å². The number of hydrogen-bond acceptors (Lipinski definition) is 3. The van der Waals surface area contributed by atoms with Crippen molar-refractivity contribution < 1.29 is 27.1 Å². The maximum Gasteiger partial charge on any atom is 0.341 e. The first-order chi connectivity index (χ1) is 9.16. The van der Waals surface area contributed by atoms with Crippen LogP contribution in [0.5, 0.6) is 0 Å². The minimum atomic E-state index is -4.21. The molecule has 0 unspecified atom stereocenters. The number of carboxylic acids is 1. The lowest BCUT2D eigenvalue weighted by Crippen LogP contribution is -2.30. The van der Waals surface area contributed by atoms with Crippen LogP contribution in [-0.4, -0.2) is 26.0 Å². The maximum atomic E-state index is 13.9. The molecule has 0 aromatic heterocycles. The molecule has 20 heavy (non-hydrogen) atoms. The third-order valence-electron chi connectivity index (χ3n) is 3.35. The number of sulfonamides is 1. The molecule has 1 saturated carbocycles. The number of nitrogens with one attached hydrogen (secondary N) is 1. The van der Waals surface area contributed by atoms with E-state index in [1.165, 1.54) is 0 Å². The van der Waals surface area contributed by atoms with E-state index in [2.05, 4.69) is 4.72 Å². The number of carbonyl (C=O) groups is 1. The highest BCUT2D eigenvalue weighted by Gasteiger charge is 2.38. The van der Waals surface area contributed by atoms with Gasteiger partial charge in [-0.1, -0.05) is 6.92 Å². The summed E-state index contributed by atoms with van der Waals surface area (Å²) in [4.78, 5) is 9.89. The van der Waals surface area contributed by atoms with Crippen molar-refractivity contribution in [1.29, 1.82) is 0 Å². The molecule has 2 rings (SSSR count). The second kappa shape index (κ2) is 4.78. The van der Waals surface area contributed by atoms with Crippen molar-refractivity contribution in [3.05, 3.63) is 29.3 Å². The summed E-state index contributed by atoms with van der Waals surface area (Å²) < 4.78 is 53.2. The van der Waals surface area contributed by atoms with Crippen LogP contribution >= 0.6 is 0 Å². The largest absolute Gasteiger partial charge is 0.477 e. The Bertz CT molecular complexity index is 668. The van der Waals surface area contributed by atoms with Crippen LogP contribution in [0.15, 0.2) is 17.0 Å². The highest BCUT2D eigenvalue weighted by molar-refractivity contribution is 7.89. The van der Waals surface area contributed by atoms with Crippen molar-refractivity contribution in [2.24, 2.45) is 5.41 Å². The van der Waals surface area contributed by atoms with Gasteiger partial charge in [-0.05, 0) is 30.4 Å². The van der Waals surface area contributed by atoms with E-state index < -0.39 is 38.1 Å². The molecule has 5 nitrogen and oxygen atoms in total. The molecule has 0 amide bonds. The molecule has 1 aromatic carbocycles. The standard InChI is InChI=1S/C12H13F2NO4S/c1-12(4-5-12)6-15-20(18,19)8-3-2-7(13)9(10(8)14)11(16)17/h2-3,15H,4-6H2,1H3,(H,16,17). The first-order valence-electron chi connectivity index (χ1n) is 5.87. The maximum absolute atomic E-state index is 13.9. The Morgan fingerprint density at radius 3 is 2.50 bits per heavy atom. The van der Waals surface area contributed by atoms with Crippen LogP contribution in [0.1, 0.15) is 30.1 Å². The molecule has 1 fully saturated rings. The Kier molecular flexibility index (Phi) is 3.55. The molecule has 110 valence electrons. The summed E-state index contributed by atoms with van der Waals surface area (Å²) >= 11 is 0. The second-order valence-corrected chi connectivity index (χ2v) is 6.91. The Labute approximate surface area is 114 Å². The van der Waals surface area contributed by atoms with Gasteiger partial charge in [0.25, 0.3) is 0 Å². The van der Waals surface area contributed by atoms with Gasteiger partial charge in [-0.2, -0.15) is 0 Å². The summed E-state index contributed by atoms with van der Waals surface area (Å²) in [7, 11) is -4.21. The lowest BCUT2D eigenvalue weighted by Gasteiger charge is -2.12. The molecular weight excluding hydrogens is 292 g/mol. The van der Waals surface area contributed by atoms with Crippen molar-refractivity contribution in [3.8, 4) is 0 Å². The third kappa shape index (κ3) is 2.80. The predicted octanol–water partition coefficient (Wildman–Crippen LogP) is 1.74. The molecule has 1 aliphatic carbocycles. The smallest absolute Gasteiger partial charge is 0.341 e. The molecule has 1 aliphatic rings. The average molecular weight is 305 g/mol. The molecule has 2 N–H and O–H groups in total. The summed E-state index contributed by atoms with van der Waals surface area (Å²) in [6.45, 7) is 2.01. The monoisotopic (exact) mass is 305 g/mol. The average Bonchev–Trinajstić information content (AvgIpc) is 3.05. The van der Waals surface area contributed by atoms with Crippen LogP contribution in [0.4, 0.5) is 8.78 Å². The van der Waals surface area contributed by atoms with Crippen molar-refractivity contribution in [2.75, 3.05) is 6.54 Å². The molecule has 0 radical (unpaired) electrons. The molecular formula is C12H13F2NO4S. The normalized spacial score (nSPS) is 16.9. The van der Waals surface area contributed by atoms with Crippen molar-refractivity contribution >= 4 is 16.0 Å². The van der Waals surface area contributed by atoms with E-state index in [-0.39, 0.29) is 12.0 Å². The number of hydrogen-bond donors (Lipinski definition) is 2. The van der Waals surface area contributed by atoms with Crippen molar-refractivity contribution in [2.45, 2.75) is 24.7 Å². The third-order valence-corrected chi connectivity index (χ3v) is 4.77. The highest BCUT2D eigenvalue weighted by atomic mass is 32.2. The van der Waals surface area contributed by atoms with Gasteiger partial charge < -0.3 is 5.11 Å². The molecule has 0 saturated heterocycles. The molecule has 8 heteroatoms. The summed E-state index contributed by atoms with van der Waals surface area (Å²) in [6, 6.07) is 1.34. The van der Waals surface area contributed by atoms with Crippen LogP contribution in [0.3, 0.4) is 0 Å². The zero-order valence-corrected chi connectivity index (χ0v) is 11.4. The fourth-order valence-electron chi connectivity index (χ4n) is 1.67. The first-order valence-corrected chi connectivity index (χ1v) is 7.36. The fourth-order valence-corrected chi connectivity index (χ4v) is 2.95. The van der Waals surface area contributed by atoms with Gasteiger partial charge in [0.05, 0.1) is 0 Å². The van der Waals surface area contributed by atoms with Gasteiger partial charge in [-0.15, -0.1) is 0 Å². The summed E-state index contributed by atoms with van der Waals surface area (Å²) in [5, 5.41) is 8.71. The first kappa shape index (κ1) is 14.9. The van der Waals surface area contributed by atoms with E-state index in [0.29, 0.717) is 12.1 Å². The van der Waals surface area contributed by atoms with Gasteiger partial charge in [0.2, 0.25) is 10.0 Å². The van der Waals surface area contributed by atoms with Gasteiger partial charge >= 0.3 is 5.97 Å². The number of carboxylic acid groups (broad SMARTS) is 1. The van der Waals surface area contributed by atoms with Crippen LogP contribution < -0.4 is 4.72 Å². The van der Waals surface area contributed by atoms with Crippen LogP contribution in [0.2, 0.25) is 0 Å². The summed E-state index contributed by atoms with van der Waals surface area (Å²) in [6.07, 6.45) is 1.73. The Hall–Kier alpha value is -1.54. The van der Waals surface area contributed by atoms with E-state index in [4.69, 9.17) is 5.11 Å². The molecule has 0 atom stereocenters. The lowest BCUT2D eigenvalue weighted by atomic mass is 10.2. The van der Waals surface area contributed by atoms with Crippen molar-refractivity contribution in [3.63, 3.8) is 0 Å². The Balaban J connectivity index is 2.36. The zero-order valence-electron chi connectivity index (χ0n) is 10.6. The minimum absolute atomic E-state index is 0.133. The van der Waals surface area contributed by atoms with E-state index >= 15 is 0 Å². The van der Waals surface area contributed by atoms with Gasteiger partial charge in [0, 0.05) is 6.54 Å². The summed E-state index contributed by atoms with van der Waals surface area (Å²) in [5.74, 6) is -4.76. The Morgan fingerprint density at radius 1 is 1.40 bits per heavy atom. The van der Waals surface area contributed by atoms with Gasteiger partial charge in [0.1, 0.15) is 16.3 Å². The molecule has 1 aromatic rings. The van der Waals surface area contributed by atoms with E-state index in [9.17, 15) is 22.0 Å². The van der Waals surface area contributed by atoms with Crippen LogP contribution in [-0.2, 0) is 10.0 Å². The zero-order chi connectivity index (χ0) is 15.1. The SMILES string of the molecule is CC1(CNS(=O)(=O)c2ccc(F)c(C(=O)O)c2F)CC1. The molecule has 0 heterocycles. The Morgan fingerprint density at radius 2 is 2.00 bits per heavy atom. The van der Waals surface area contributed by atoms with Crippen molar-refractivity contribution in [1.82, 2.24) is 4.72 Å². The molecule has 0 spiro atoms. The lowest BCUT2D eigenvalue weighted by molar-refractivity contribution is 0.0685. The van der Waals surface area contributed by atoms with E-state index in [1.807, 2.05) is 6.92 Å². The highest BCUT2D eigenvalue weighted by Crippen LogP contribution is 2.44. The van der Waals surface area contributed by atoms with E-state index in [0.717, 1.165) is 12.8 Å². The summed E-state index contributed by atoms with van der Waals surface area (Å²) in [5.41, 5.74) is -1.41. The van der Waals surface area contributed by atoms with Crippen LogP contribution in [0, 0.1) is 17.0 Å². The minimum Gasteiger partial charge on any atom is -0.477 e. The van der Waals surface area contributed by atoms with Gasteiger partial charge in [0.15, 0.2) is 5.82 Å². The number of halogens is 2. The fraction of sp³-hybridized carbons (Fsp3) is 0.417. The van der Waals surface area contributed by atoms with E-state index in [1.54, 1.807) is 0 Å². The molecule has 0 bridgehead atoms. The predicted molar refractivity (Wildman–Crippen MR) is 65.8 cm³/mol. The number of rotatable bonds is 5. The van der Waals surface area contributed by atoms with Gasteiger partial charge in [-0.3, -0.25) is 0 Å². The number of aromatic carboxylic acids is 1. The molecule has 0 aliphatic heterocycles. The second-order valence-electron chi connectivity index (χ2n) is 5.17.